The van der Waals surface area contributed by atoms with Gasteiger partial charge in [-0.15, -0.1) is 0 Å². The van der Waals surface area contributed by atoms with Gasteiger partial charge in [0.2, 0.25) is 18.3 Å². The fourth-order valence-electron chi connectivity index (χ4n) is 8.10. The standard InChI is InChI=1S/C49H50O26/c50-16-32-36(58)39(61)42(64)47(72-32)70-30-14-23(52)13-29-24(30)15-31(44(69-29)21-5-9-26(54)28(56)12-21)71-49-45(41(63)38(60)33(74-49)17-67-35(57)10-2-19-1-8-25(53)27(55)11-19)75-48-43(65)40(62)37(59)34(73-48)18-68-46(66)20-3-6-22(51)7-4-20/h1-15,32-34,36-43,45,47-50,58-65H,16-18H2,(H5-,51,52,53,54,55,56,57,66)/p+1/t32-,33-,34-,36-,37-,38-,39+,40+,41+,42-,43-,45-,47-,48+,49-/m1/s1. The van der Waals surface area contributed by atoms with Gasteiger partial charge in [0.1, 0.15) is 103 Å². The van der Waals surface area contributed by atoms with Gasteiger partial charge in [-0.05, 0) is 60.2 Å². The number of ether oxygens (including phenoxy) is 8. The van der Waals surface area contributed by atoms with Gasteiger partial charge in [-0.2, -0.15) is 0 Å². The normalized spacial score (nSPS) is 30.0. The average Bonchev–Trinajstić information content (AvgIpc) is 3.39. The fraction of sp³-hybridized carbons (Fsp3) is 0.367. The van der Waals surface area contributed by atoms with E-state index in [1.807, 2.05) is 0 Å². The first-order valence-electron chi connectivity index (χ1n) is 22.7. The number of hydrogen-bond donors (Lipinski definition) is 15. The van der Waals surface area contributed by atoms with Crippen molar-refractivity contribution in [3.05, 3.63) is 96.1 Å². The van der Waals surface area contributed by atoms with Crippen LogP contribution in [-0.2, 0) is 33.2 Å². The molecular formula is C49H51O26+. The van der Waals surface area contributed by atoms with E-state index >= 15 is 0 Å². The van der Waals surface area contributed by atoms with Crippen LogP contribution < -0.4 is 9.47 Å². The maximum atomic E-state index is 12.9. The summed E-state index contributed by atoms with van der Waals surface area (Å²) < 4.78 is 52.4. The Balaban J connectivity index is 1.15. The molecule has 8 rings (SSSR count). The number of carbonyl (C=O) groups excluding carboxylic acids is 2. The minimum atomic E-state index is -2.17. The number of fused-ring (bicyclic) bond motifs is 1. The molecule has 26 heteroatoms. The second-order valence-corrected chi connectivity index (χ2v) is 17.4. The average molecular weight is 1060 g/mol. The Hall–Kier alpha value is -7.15. The van der Waals surface area contributed by atoms with Crippen LogP contribution in [0.4, 0.5) is 0 Å². The Morgan fingerprint density at radius 3 is 1.80 bits per heavy atom. The number of benzene rings is 4. The number of rotatable bonds is 15. The van der Waals surface area contributed by atoms with E-state index in [9.17, 15) is 86.2 Å². The summed E-state index contributed by atoms with van der Waals surface area (Å²) in [5, 5.41) is 158. The Labute approximate surface area is 422 Å². The third kappa shape index (κ3) is 11.9. The summed E-state index contributed by atoms with van der Waals surface area (Å²) in [5.74, 6) is -5.96. The number of carbonyl (C=O) groups is 2. The third-order valence-corrected chi connectivity index (χ3v) is 12.3. The highest BCUT2D eigenvalue weighted by Crippen LogP contribution is 2.44. The second-order valence-electron chi connectivity index (χ2n) is 17.4. The van der Waals surface area contributed by atoms with Crippen molar-refractivity contribution in [3.63, 3.8) is 0 Å². The fourth-order valence-corrected chi connectivity index (χ4v) is 8.10. The van der Waals surface area contributed by atoms with Crippen LogP contribution in [-0.4, -0.2) is 200 Å². The molecule has 15 atom stereocenters. The number of aromatic hydroxyl groups is 6. The molecule has 0 amide bonds. The van der Waals surface area contributed by atoms with Crippen molar-refractivity contribution in [1.82, 2.24) is 0 Å². The van der Waals surface area contributed by atoms with Gasteiger partial charge in [-0.25, -0.2) is 14.0 Å². The highest BCUT2D eigenvalue weighted by atomic mass is 16.8. The Morgan fingerprint density at radius 2 is 1.13 bits per heavy atom. The molecule has 3 aliphatic rings. The smallest absolute Gasteiger partial charge is 0.402 e. The third-order valence-electron chi connectivity index (χ3n) is 12.3. The van der Waals surface area contributed by atoms with Gasteiger partial charge in [0.15, 0.2) is 35.4 Å². The maximum Gasteiger partial charge on any atom is 0.402 e. The second kappa shape index (κ2) is 22.8. The highest BCUT2D eigenvalue weighted by molar-refractivity contribution is 5.90. The molecule has 0 bridgehead atoms. The van der Waals surface area contributed by atoms with Crippen molar-refractivity contribution < 1.29 is 128 Å². The van der Waals surface area contributed by atoms with E-state index in [1.165, 1.54) is 48.5 Å². The topological polar surface area (TPSA) is 423 Å². The van der Waals surface area contributed by atoms with E-state index in [4.69, 9.17) is 42.3 Å². The Kier molecular flexibility index (Phi) is 16.4. The van der Waals surface area contributed by atoms with Crippen LogP contribution in [0.5, 0.6) is 46.0 Å². The number of phenolic OH excluding ortho intramolecular Hbond substituents is 6. The molecule has 3 saturated heterocycles. The Morgan fingerprint density at radius 1 is 0.547 bits per heavy atom. The van der Waals surface area contributed by atoms with Gasteiger partial charge in [-0.3, -0.25) is 0 Å². The number of aliphatic hydroxyl groups excluding tert-OH is 9. The van der Waals surface area contributed by atoms with E-state index in [1.54, 1.807) is 0 Å². The molecular weight excluding hydrogens is 1000 g/mol. The van der Waals surface area contributed by atoms with Crippen molar-refractivity contribution in [2.75, 3.05) is 19.8 Å². The zero-order valence-corrected chi connectivity index (χ0v) is 38.6. The lowest BCUT2D eigenvalue weighted by molar-refractivity contribution is -0.357. The SMILES string of the molecule is O=C(/C=C/c1ccc(O)c(O)c1)OC[C@H]1O[C@@H](Oc2cc3c(O[C@@H]4O[C@H](CO)[C@@H](O)[C@H](O)[C@H]4O)cc(O)cc3[o+]c2-c2ccc(O)c(O)c2)[C@H](O[C@@H]2O[C@H](COC(=O)c3ccc(O)cc3)[C@@H](O)[C@H](O)[C@H]2O)[C@@H](O)[C@@H]1O. The van der Waals surface area contributed by atoms with Crippen molar-refractivity contribution in [1.29, 1.82) is 0 Å². The molecule has 402 valence electrons. The molecule has 4 aromatic carbocycles. The van der Waals surface area contributed by atoms with Gasteiger partial charge in [0.05, 0.1) is 23.8 Å². The molecule has 3 aliphatic heterocycles. The zero-order chi connectivity index (χ0) is 54.0. The van der Waals surface area contributed by atoms with E-state index in [0.717, 1.165) is 42.5 Å². The van der Waals surface area contributed by atoms with E-state index in [0.29, 0.717) is 0 Å². The molecule has 26 nitrogen and oxygen atoms in total. The first-order valence-corrected chi connectivity index (χ1v) is 22.7. The Bertz CT molecular complexity index is 2860. The summed E-state index contributed by atoms with van der Waals surface area (Å²) in [4.78, 5) is 25.7. The van der Waals surface area contributed by atoms with Gasteiger partial charge in [0, 0.05) is 24.3 Å². The lowest BCUT2D eigenvalue weighted by Gasteiger charge is -2.45. The molecule has 15 N–H and O–H groups in total. The van der Waals surface area contributed by atoms with Crippen molar-refractivity contribution >= 4 is 29.0 Å². The van der Waals surface area contributed by atoms with Crippen LogP contribution in [0.15, 0.2) is 89.4 Å². The highest BCUT2D eigenvalue weighted by Gasteiger charge is 2.53. The number of phenols is 6. The van der Waals surface area contributed by atoms with Gasteiger partial charge >= 0.3 is 23.3 Å². The monoisotopic (exact) mass is 1060 g/mol. The van der Waals surface area contributed by atoms with Crippen LogP contribution in [0.25, 0.3) is 28.4 Å². The predicted molar refractivity (Wildman–Crippen MR) is 246 cm³/mol. The van der Waals surface area contributed by atoms with Gasteiger partial charge < -0.3 is 114 Å². The van der Waals surface area contributed by atoms with E-state index < -0.39 is 158 Å². The largest absolute Gasteiger partial charge is 0.508 e. The predicted octanol–water partition coefficient (Wildman–Crippen LogP) is -1.07. The molecule has 0 aliphatic carbocycles. The first kappa shape index (κ1) is 54.1. The minimum Gasteiger partial charge on any atom is -0.508 e. The summed E-state index contributed by atoms with van der Waals surface area (Å²) in [6, 6.07) is 15.2. The molecule has 0 saturated carbocycles. The number of aliphatic hydroxyl groups is 9. The van der Waals surface area contributed by atoms with Crippen LogP contribution in [0, 0.1) is 0 Å². The quantitative estimate of drug-likeness (QED) is 0.0257. The molecule has 3 fully saturated rings. The summed E-state index contributed by atoms with van der Waals surface area (Å²) in [5.41, 5.74) is -0.0365. The lowest BCUT2D eigenvalue weighted by Crippen LogP contribution is -2.65. The van der Waals surface area contributed by atoms with Crippen molar-refractivity contribution in [2.24, 2.45) is 0 Å². The summed E-state index contributed by atoms with van der Waals surface area (Å²) in [6.45, 7) is -2.42. The van der Waals surface area contributed by atoms with E-state index in [-0.39, 0.29) is 44.9 Å². The summed E-state index contributed by atoms with van der Waals surface area (Å²) >= 11 is 0. The molecule has 0 radical (unpaired) electrons. The van der Waals surface area contributed by atoms with Crippen LogP contribution >= 0.6 is 0 Å². The summed E-state index contributed by atoms with van der Waals surface area (Å²) in [6.07, 6.45) is -26.6. The van der Waals surface area contributed by atoms with E-state index in [2.05, 4.69) is 0 Å². The summed E-state index contributed by atoms with van der Waals surface area (Å²) in [7, 11) is 0. The first-order chi connectivity index (χ1) is 35.7. The molecule has 0 spiro atoms. The lowest BCUT2D eigenvalue weighted by atomic mass is 9.97. The van der Waals surface area contributed by atoms with Gasteiger partial charge in [-0.1, -0.05) is 6.07 Å². The molecule has 1 aromatic heterocycles. The van der Waals surface area contributed by atoms with Crippen molar-refractivity contribution in [2.45, 2.75) is 92.1 Å². The molecule has 5 aromatic rings. The molecule has 0 unspecified atom stereocenters. The van der Waals surface area contributed by atoms with Crippen LogP contribution in [0.3, 0.4) is 0 Å². The van der Waals surface area contributed by atoms with Gasteiger partial charge in [0.25, 0.3) is 0 Å². The van der Waals surface area contributed by atoms with Crippen LogP contribution in [0.1, 0.15) is 15.9 Å². The molecule has 75 heavy (non-hydrogen) atoms. The number of esters is 2. The molecule has 4 heterocycles. The van der Waals surface area contributed by atoms with Crippen LogP contribution in [0.2, 0.25) is 0 Å². The minimum absolute atomic E-state index is 0.0245. The maximum absolute atomic E-state index is 12.9. The number of hydrogen-bond acceptors (Lipinski definition) is 25. The van der Waals surface area contributed by atoms with Crippen molar-refractivity contribution in [3.8, 4) is 57.3 Å². The zero-order valence-electron chi connectivity index (χ0n) is 38.6.